The Hall–Kier alpha value is -2.83. The summed E-state index contributed by atoms with van der Waals surface area (Å²) in [4.78, 5) is 21.8. The van der Waals surface area contributed by atoms with E-state index in [-0.39, 0.29) is 17.9 Å². The van der Waals surface area contributed by atoms with Crippen molar-refractivity contribution in [3.8, 4) is 5.75 Å². The Morgan fingerprint density at radius 2 is 1.97 bits per heavy atom. The molecular weight excluding hydrogens is 495 g/mol. The highest BCUT2D eigenvalue weighted by Crippen LogP contribution is 2.37. The minimum absolute atomic E-state index is 0.0444. The minimum Gasteiger partial charge on any atom is -0.488 e. The number of esters is 1. The summed E-state index contributed by atoms with van der Waals surface area (Å²) in [7, 11) is -1.94. The maximum Gasteiger partial charge on any atom is 0.348 e. The van der Waals surface area contributed by atoms with Gasteiger partial charge in [0, 0.05) is 12.1 Å². The second kappa shape index (κ2) is 10.4. The number of hydrogen-bond acceptors (Lipinski definition) is 9. The van der Waals surface area contributed by atoms with Crippen molar-refractivity contribution in [3.05, 3.63) is 40.8 Å². The van der Waals surface area contributed by atoms with Gasteiger partial charge in [0.05, 0.1) is 30.0 Å². The number of hydrogen-bond donors (Lipinski definition) is 2. The van der Waals surface area contributed by atoms with Gasteiger partial charge in [-0.05, 0) is 57.2 Å². The normalized spacial score (nSPS) is 18.4. The smallest absolute Gasteiger partial charge is 0.348 e. The van der Waals surface area contributed by atoms with Crippen molar-refractivity contribution in [2.45, 2.75) is 51.7 Å². The van der Waals surface area contributed by atoms with Crippen LogP contribution in [0.5, 0.6) is 5.75 Å². The van der Waals surface area contributed by atoms with Gasteiger partial charge in [-0.25, -0.2) is 32.3 Å². The van der Waals surface area contributed by atoms with Gasteiger partial charge in [0.25, 0.3) is 0 Å². The van der Waals surface area contributed by atoms with Crippen molar-refractivity contribution in [1.29, 1.82) is 0 Å². The number of aromatic nitrogens is 2. The molecule has 0 bridgehead atoms. The van der Waals surface area contributed by atoms with Crippen LogP contribution < -0.4 is 14.8 Å². The zero-order valence-electron chi connectivity index (χ0n) is 19.6. The lowest BCUT2D eigenvalue weighted by Gasteiger charge is -2.30. The molecular formula is C23H27FN4O5S2. The maximum atomic E-state index is 14.1. The number of sulfonamides is 1. The van der Waals surface area contributed by atoms with E-state index >= 15 is 0 Å². The van der Waals surface area contributed by atoms with Crippen LogP contribution in [0, 0.1) is 12.7 Å². The Morgan fingerprint density at radius 1 is 1.23 bits per heavy atom. The van der Waals surface area contributed by atoms with Crippen LogP contribution in [0.25, 0.3) is 10.2 Å². The number of anilines is 2. The predicted molar refractivity (Wildman–Crippen MR) is 132 cm³/mol. The van der Waals surface area contributed by atoms with Gasteiger partial charge in [-0.1, -0.05) is 0 Å². The number of carbonyl (C=O) groups is 1. The van der Waals surface area contributed by atoms with Crippen LogP contribution in [0.15, 0.2) is 24.5 Å². The van der Waals surface area contributed by atoms with E-state index in [0.717, 1.165) is 0 Å². The summed E-state index contributed by atoms with van der Waals surface area (Å²) in [5.74, 6) is -0.0481. The predicted octanol–water partition coefficient (Wildman–Crippen LogP) is 4.30. The molecule has 0 aliphatic heterocycles. The molecule has 2 N–H and O–H groups in total. The highest BCUT2D eigenvalue weighted by atomic mass is 32.2. The molecule has 0 unspecified atom stereocenters. The number of carbonyl (C=O) groups excluding carboxylic acids is 1. The number of halogens is 1. The number of methoxy groups -OCH3 is 1. The Kier molecular flexibility index (Phi) is 7.53. The SMILES string of the molecule is CCS(=O)(=O)NC1CCC(Oc2cc(F)ccc2Nc2ncnc3sc(C(=O)OC)c(C)c23)CC1. The average molecular weight is 523 g/mol. The monoisotopic (exact) mass is 522 g/mol. The highest BCUT2D eigenvalue weighted by molar-refractivity contribution is 7.89. The molecule has 188 valence electrons. The van der Waals surface area contributed by atoms with Crippen molar-refractivity contribution < 1.29 is 27.1 Å². The molecule has 3 aromatic rings. The Morgan fingerprint density at radius 3 is 2.66 bits per heavy atom. The van der Waals surface area contributed by atoms with Gasteiger partial charge in [-0.2, -0.15) is 0 Å². The van der Waals surface area contributed by atoms with Gasteiger partial charge in [0.2, 0.25) is 10.0 Å². The van der Waals surface area contributed by atoms with E-state index in [1.807, 2.05) is 0 Å². The zero-order valence-corrected chi connectivity index (χ0v) is 21.3. The lowest BCUT2D eigenvalue weighted by Crippen LogP contribution is -2.40. The molecule has 1 saturated carbocycles. The lowest BCUT2D eigenvalue weighted by molar-refractivity contribution is 0.0605. The van der Waals surface area contributed by atoms with Crippen molar-refractivity contribution in [2.24, 2.45) is 0 Å². The molecule has 2 heterocycles. The molecule has 0 atom stereocenters. The molecule has 1 aromatic carbocycles. The summed E-state index contributed by atoms with van der Waals surface area (Å²) >= 11 is 1.22. The number of nitrogens with one attached hydrogen (secondary N) is 2. The van der Waals surface area contributed by atoms with Gasteiger partial charge >= 0.3 is 5.97 Å². The summed E-state index contributed by atoms with van der Waals surface area (Å²) < 4.78 is 51.5. The summed E-state index contributed by atoms with van der Waals surface area (Å²) in [6.07, 6.45) is 3.76. The maximum absolute atomic E-state index is 14.1. The van der Waals surface area contributed by atoms with E-state index in [1.165, 1.54) is 36.9 Å². The van der Waals surface area contributed by atoms with E-state index in [4.69, 9.17) is 9.47 Å². The molecule has 0 radical (unpaired) electrons. The fourth-order valence-electron chi connectivity index (χ4n) is 4.09. The fraction of sp³-hybridized carbons (Fsp3) is 0.435. The molecule has 35 heavy (non-hydrogen) atoms. The summed E-state index contributed by atoms with van der Waals surface area (Å²) in [6.45, 7) is 3.40. The molecule has 0 saturated heterocycles. The van der Waals surface area contributed by atoms with Crippen LogP contribution in [0.2, 0.25) is 0 Å². The van der Waals surface area contributed by atoms with Crippen molar-refractivity contribution in [2.75, 3.05) is 18.2 Å². The molecule has 4 rings (SSSR count). The van der Waals surface area contributed by atoms with Crippen molar-refractivity contribution in [3.63, 3.8) is 0 Å². The van der Waals surface area contributed by atoms with Crippen LogP contribution >= 0.6 is 11.3 Å². The third-order valence-corrected chi connectivity index (χ3v) is 8.62. The van der Waals surface area contributed by atoms with E-state index < -0.39 is 21.8 Å². The van der Waals surface area contributed by atoms with Crippen LogP contribution in [0.4, 0.5) is 15.9 Å². The largest absolute Gasteiger partial charge is 0.488 e. The highest BCUT2D eigenvalue weighted by Gasteiger charge is 2.26. The molecule has 2 aromatic heterocycles. The van der Waals surface area contributed by atoms with Crippen LogP contribution in [-0.2, 0) is 14.8 Å². The van der Waals surface area contributed by atoms with E-state index in [0.29, 0.717) is 63.6 Å². The first-order valence-electron chi connectivity index (χ1n) is 11.3. The van der Waals surface area contributed by atoms with Gasteiger partial charge in [0.1, 0.15) is 33.4 Å². The second-order valence-corrected chi connectivity index (χ2v) is 11.4. The number of fused-ring (bicyclic) bond motifs is 1. The number of thiophene rings is 1. The first-order valence-corrected chi connectivity index (χ1v) is 13.7. The zero-order chi connectivity index (χ0) is 25.2. The molecule has 1 aliphatic rings. The molecule has 0 amide bonds. The van der Waals surface area contributed by atoms with E-state index in [9.17, 15) is 17.6 Å². The minimum atomic E-state index is -3.26. The first kappa shape index (κ1) is 25.3. The number of benzene rings is 1. The quantitative estimate of drug-likeness (QED) is 0.420. The Bertz CT molecular complexity index is 1340. The Balaban J connectivity index is 1.54. The van der Waals surface area contributed by atoms with Gasteiger partial charge in [-0.3, -0.25) is 0 Å². The number of nitrogens with zero attached hydrogens (tertiary/aromatic N) is 2. The molecule has 12 heteroatoms. The topological polar surface area (TPSA) is 120 Å². The van der Waals surface area contributed by atoms with Crippen LogP contribution in [0.1, 0.15) is 47.8 Å². The molecule has 1 fully saturated rings. The summed E-state index contributed by atoms with van der Waals surface area (Å²) in [5.41, 5.74) is 1.21. The first-order chi connectivity index (χ1) is 16.7. The third kappa shape index (κ3) is 5.71. The summed E-state index contributed by atoms with van der Waals surface area (Å²) in [6, 6.07) is 4.09. The van der Waals surface area contributed by atoms with Gasteiger partial charge < -0.3 is 14.8 Å². The number of ether oxygens (including phenoxy) is 2. The number of aryl methyl sites for hydroxylation is 1. The number of rotatable bonds is 8. The van der Waals surface area contributed by atoms with Gasteiger partial charge in [-0.15, -0.1) is 11.3 Å². The Labute approximate surface area is 207 Å². The van der Waals surface area contributed by atoms with Crippen LogP contribution in [-0.4, -0.2) is 49.4 Å². The molecule has 9 nitrogen and oxygen atoms in total. The van der Waals surface area contributed by atoms with Crippen molar-refractivity contribution >= 4 is 49.1 Å². The van der Waals surface area contributed by atoms with Crippen molar-refractivity contribution in [1.82, 2.24) is 14.7 Å². The molecule has 1 aliphatic carbocycles. The average Bonchev–Trinajstić information content (AvgIpc) is 3.18. The lowest BCUT2D eigenvalue weighted by atomic mass is 9.93. The summed E-state index contributed by atoms with van der Waals surface area (Å²) in [5, 5.41) is 3.89. The van der Waals surface area contributed by atoms with E-state index in [2.05, 4.69) is 20.0 Å². The standard InChI is InChI=1S/C23H27FN4O5S2/c1-4-35(30,31)28-15-6-8-16(9-7-15)33-18-11-14(24)5-10-17(18)27-21-19-13(2)20(23(29)32-3)34-22(19)26-12-25-21/h5,10-12,15-16,28H,4,6-9H2,1-3H3,(H,25,26,27). The molecule has 0 spiro atoms. The fourth-order valence-corrected chi connectivity index (χ4v) is 6.07. The second-order valence-electron chi connectivity index (χ2n) is 8.33. The van der Waals surface area contributed by atoms with Crippen LogP contribution in [0.3, 0.4) is 0 Å². The van der Waals surface area contributed by atoms with E-state index in [1.54, 1.807) is 19.9 Å². The van der Waals surface area contributed by atoms with Gasteiger partial charge in [0.15, 0.2) is 0 Å². The third-order valence-electron chi connectivity index (χ3n) is 5.99.